The first-order chi connectivity index (χ1) is 10.4. The van der Waals surface area contributed by atoms with Crippen LogP contribution in [-0.2, 0) is 6.54 Å². The van der Waals surface area contributed by atoms with Gasteiger partial charge in [-0.2, -0.15) is 5.10 Å². The first-order valence-electron chi connectivity index (χ1n) is 6.68. The Hall–Kier alpha value is -2.82. The Bertz CT molecular complexity index is 693. The van der Waals surface area contributed by atoms with Crippen molar-refractivity contribution in [3.8, 4) is 11.4 Å². The number of aromatic nitrogens is 3. The fourth-order valence-electron chi connectivity index (χ4n) is 2.09. The predicted octanol–water partition coefficient (Wildman–Crippen LogP) is 2.89. The van der Waals surface area contributed by atoms with Gasteiger partial charge in [-0.25, -0.2) is 9.67 Å². The van der Waals surface area contributed by atoms with Gasteiger partial charge in [-0.3, -0.25) is 0 Å². The summed E-state index contributed by atoms with van der Waals surface area (Å²) in [6, 6.07) is 13.8. The Labute approximate surface area is 123 Å². The number of rotatable bonds is 5. The lowest BCUT2D eigenvalue weighted by Gasteiger charge is -2.11. The fourth-order valence-corrected chi connectivity index (χ4v) is 2.09. The Morgan fingerprint density at radius 3 is 2.76 bits per heavy atom. The third-order valence-electron chi connectivity index (χ3n) is 3.17. The molecule has 0 atom stereocenters. The number of nitrogens with one attached hydrogen (secondary N) is 1. The molecule has 2 aromatic heterocycles. The van der Waals surface area contributed by atoms with Gasteiger partial charge in [0.25, 0.3) is 0 Å². The van der Waals surface area contributed by atoms with Gasteiger partial charge in [0.15, 0.2) is 0 Å². The third-order valence-corrected chi connectivity index (χ3v) is 3.17. The van der Waals surface area contributed by atoms with E-state index in [2.05, 4.69) is 21.5 Å². The molecule has 5 nitrogen and oxygen atoms in total. The maximum Gasteiger partial charge on any atom is 0.137 e. The number of nitrogens with zero attached hydrogens (tertiary/aromatic N) is 3. The highest BCUT2D eigenvalue weighted by molar-refractivity contribution is 5.44. The fraction of sp³-hybridized carbons (Fsp3) is 0.125. The summed E-state index contributed by atoms with van der Waals surface area (Å²) in [5.41, 5.74) is 2.21. The van der Waals surface area contributed by atoms with E-state index in [1.165, 1.54) is 0 Å². The molecule has 0 unspecified atom stereocenters. The molecule has 0 aliphatic heterocycles. The summed E-state index contributed by atoms with van der Waals surface area (Å²) >= 11 is 0. The first kappa shape index (κ1) is 13.2. The maximum absolute atomic E-state index is 5.10. The molecule has 0 radical (unpaired) electrons. The molecule has 0 bridgehead atoms. The molecule has 0 fully saturated rings. The zero-order chi connectivity index (χ0) is 14.5. The number of anilines is 1. The zero-order valence-electron chi connectivity index (χ0n) is 11.7. The van der Waals surface area contributed by atoms with Crippen molar-refractivity contribution in [2.24, 2.45) is 0 Å². The van der Waals surface area contributed by atoms with Crippen LogP contribution < -0.4 is 10.1 Å². The van der Waals surface area contributed by atoms with Crippen molar-refractivity contribution in [2.75, 3.05) is 12.4 Å². The van der Waals surface area contributed by atoms with Gasteiger partial charge >= 0.3 is 0 Å². The van der Waals surface area contributed by atoms with Crippen molar-refractivity contribution in [2.45, 2.75) is 6.54 Å². The van der Waals surface area contributed by atoms with Crippen LogP contribution in [0.15, 0.2) is 61.1 Å². The highest BCUT2D eigenvalue weighted by Gasteiger charge is 2.04. The second kappa shape index (κ2) is 6.09. The van der Waals surface area contributed by atoms with Gasteiger partial charge in [-0.05, 0) is 29.8 Å². The molecule has 21 heavy (non-hydrogen) atoms. The van der Waals surface area contributed by atoms with Crippen LogP contribution in [0.5, 0.6) is 5.75 Å². The second-order valence-electron chi connectivity index (χ2n) is 4.52. The minimum absolute atomic E-state index is 0.676. The Morgan fingerprint density at radius 2 is 2.05 bits per heavy atom. The van der Waals surface area contributed by atoms with Crippen LogP contribution in [0, 0.1) is 0 Å². The summed E-state index contributed by atoms with van der Waals surface area (Å²) in [6.45, 7) is 0.676. The van der Waals surface area contributed by atoms with E-state index in [0.29, 0.717) is 6.54 Å². The largest absolute Gasteiger partial charge is 0.495 e. The van der Waals surface area contributed by atoms with Crippen molar-refractivity contribution in [3.63, 3.8) is 0 Å². The van der Waals surface area contributed by atoms with E-state index in [0.717, 1.165) is 22.8 Å². The van der Waals surface area contributed by atoms with E-state index >= 15 is 0 Å². The van der Waals surface area contributed by atoms with Crippen LogP contribution in [-0.4, -0.2) is 21.9 Å². The van der Waals surface area contributed by atoms with Gasteiger partial charge in [-0.1, -0.05) is 18.2 Å². The summed E-state index contributed by atoms with van der Waals surface area (Å²) in [5.74, 6) is 1.56. The molecule has 3 aromatic rings. The van der Waals surface area contributed by atoms with Crippen molar-refractivity contribution in [3.05, 3.63) is 66.6 Å². The monoisotopic (exact) mass is 280 g/mol. The minimum atomic E-state index is 0.676. The highest BCUT2D eigenvalue weighted by atomic mass is 16.5. The number of hydrogen-bond acceptors (Lipinski definition) is 4. The normalized spacial score (nSPS) is 10.3. The van der Waals surface area contributed by atoms with Gasteiger partial charge in [-0.15, -0.1) is 0 Å². The number of methoxy groups -OCH3 is 1. The van der Waals surface area contributed by atoms with E-state index in [1.807, 2.05) is 47.3 Å². The molecule has 2 heterocycles. The quantitative estimate of drug-likeness (QED) is 0.780. The number of para-hydroxylation sites is 1. The molecule has 0 saturated carbocycles. The van der Waals surface area contributed by atoms with Crippen molar-refractivity contribution >= 4 is 5.82 Å². The first-order valence-corrected chi connectivity index (χ1v) is 6.68. The molecular weight excluding hydrogens is 264 g/mol. The summed E-state index contributed by atoms with van der Waals surface area (Å²) < 4.78 is 6.96. The summed E-state index contributed by atoms with van der Waals surface area (Å²) in [7, 11) is 1.63. The van der Waals surface area contributed by atoms with Gasteiger partial charge in [0.05, 0.1) is 19.0 Å². The average Bonchev–Trinajstić information content (AvgIpc) is 3.08. The summed E-state index contributed by atoms with van der Waals surface area (Å²) in [4.78, 5) is 4.30. The third kappa shape index (κ3) is 3.02. The molecular formula is C16H16N4O. The standard InChI is InChI=1S/C16H16N4O/c1-21-14-7-8-16(18-12-14)17-11-13-5-2-3-6-15(13)20-10-4-9-19-20/h2-10,12H,11H2,1H3,(H,17,18). The van der Waals surface area contributed by atoms with Gasteiger partial charge < -0.3 is 10.1 Å². The van der Waals surface area contributed by atoms with Crippen molar-refractivity contribution in [1.82, 2.24) is 14.8 Å². The smallest absolute Gasteiger partial charge is 0.137 e. The molecule has 1 aromatic carbocycles. The molecule has 5 heteroatoms. The Morgan fingerprint density at radius 1 is 1.14 bits per heavy atom. The van der Waals surface area contributed by atoms with E-state index < -0.39 is 0 Å². The second-order valence-corrected chi connectivity index (χ2v) is 4.52. The van der Waals surface area contributed by atoms with Crippen molar-refractivity contribution in [1.29, 1.82) is 0 Å². The average molecular weight is 280 g/mol. The number of pyridine rings is 1. The zero-order valence-corrected chi connectivity index (χ0v) is 11.7. The topological polar surface area (TPSA) is 52.0 Å². The van der Waals surface area contributed by atoms with E-state index in [-0.39, 0.29) is 0 Å². The van der Waals surface area contributed by atoms with E-state index in [4.69, 9.17) is 4.74 Å². The van der Waals surface area contributed by atoms with Gasteiger partial charge in [0.1, 0.15) is 11.6 Å². The summed E-state index contributed by atoms with van der Waals surface area (Å²) in [5, 5.41) is 7.59. The molecule has 1 N–H and O–H groups in total. The summed E-state index contributed by atoms with van der Waals surface area (Å²) in [6.07, 6.45) is 5.40. The van der Waals surface area contributed by atoms with Crippen LogP contribution >= 0.6 is 0 Å². The van der Waals surface area contributed by atoms with Crippen LogP contribution in [0.4, 0.5) is 5.82 Å². The van der Waals surface area contributed by atoms with Crippen LogP contribution in [0.2, 0.25) is 0 Å². The van der Waals surface area contributed by atoms with Crippen LogP contribution in [0.1, 0.15) is 5.56 Å². The Kier molecular flexibility index (Phi) is 3.82. The van der Waals surface area contributed by atoms with Gasteiger partial charge in [0, 0.05) is 18.9 Å². The minimum Gasteiger partial charge on any atom is -0.495 e. The van der Waals surface area contributed by atoms with E-state index in [1.54, 1.807) is 19.5 Å². The lowest BCUT2D eigenvalue weighted by Crippen LogP contribution is -2.06. The lowest BCUT2D eigenvalue weighted by molar-refractivity contribution is 0.413. The molecule has 0 aliphatic carbocycles. The Balaban J connectivity index is 1.76. The van der Waals surface area contributed by atoms with Crippen molar-refractivity contribution < 1.29 is 4.74 Å². The molecule has 0 saturated heterocycles. The van der Waals surface area contributed by atoms with Crippen LogP contribution in [0.25, 0.3) is 5.69 Å². The molecule has 0 spiro atoms. The lowest BCUT2D eigenvalue weighted by atomic mass is 10.2. The molecule has 106 valence electrons. The molecule has 0 aliphatic rings. The maximum atomic E-state index is 5.10. The van der Waals surface area contributed by atoms with Gasteiger partial charge in [0.2, 0.25) is 0 Å². The molecule has 3 rings (SSSR count). The van der Waals surface area contributed by atoms with E-state index in [9.17, 15) is 0 Å². The number of benzene rings is 1. The number of ether oxygens (including phenoxy) is 1. The van der Waals surface area contributed by atoms with Crippen LogP contribution in [0.3, 0.4) is 0 Å². The number of hydrogen-bond donors (Lipinski definition) is 1. The molecule has 0 amide bonds. The highest BCUT2D eigenvalue weighted by Crippen LogP contribution is 2.16. The SMILES string of the molecule is COc1ccc(NCc2ccccc2-n2cccn2)nc1. The predicted molar refractivity (Wildman–Crippen MR) is 81.7 cm³/mol.